The van der Waals surface area contributed by atoms with Gasteiger partial charge in [0.05, 0.1) is 13.5 Å². The maximum absolute atomic E-state index is 12.5. The number of nitrogens with zero attached hydrogens (tertiary/aromatic N) is 1. The smallest absolute Gasteiger partial charge is 0.406 e. The van der Waals surface area contributed by atoms with Crippen molar-refractivity contribution in [1.82, 2.24) is 4.90 Å². The average molecular weight is 368 g/mol. The molecule has 1 amide bonds. The zero-order chi connectivity index (χ0) is 16.0. The maximum atomic E-state index is 12.5. The lowest BCUT2D eigenvalue weighted by molar-refractivity contribution is -0.147. The Balaban J connectivity index is 2.86. The first-order valence-electron chi connectivity index (χ1n) is 5.91. The van der Waals surface area contributed by atoms with E-state index in [2.05, 4.69) is 20.7 Å². The van der Waals surface area contributed by atoms with E-state index in [1.54, 1.807) is 12.1 Å². The SMILES string of the molecule is COC(=O)CCN(CC(F)(F)F)C(=O)c1ccc(Br)cc1. The van der Waals surface area contributed by atoms with Gasteiger partial charge in [0, 0.05) is 16.6 Å². The maximum Gasteiger partial charge on any atom is 0.406 e. The van der Waals surface area contributed by atoms with E-state index in [-0.39, 0.29) is 18.5 Å². The van der Waals surface area contributed by atoms with Crippen LogP contribution in [0.3, 0.4) is 0 Å². The van der Waals surface area contributed by atoms with E-state index in [1.807, 2.05) is 0 Å². The first-order chi connectivity index (χ1) is 9.73. The van der Waals surface area contributed by atoms with Crippen molar-refractivity contribution in [1.29, 1.82) is 0 Å². The van der Waals surface area contributed by atoms with Gasteiger partial charge in [0.25, 0.3) is 5.91 Å². The minimum atomic E-state index is -4.54. The number of amides is 1. The van der Waals surface area contributed by atoms with Gasteiger partial charge in [-0.2, -0.15) is 13.2 Å². The standard InChI is InChI=1S/C13H13BrF3NO3/c1-21-11(19)6-7-18(8-13(15,16)17)12(20)9-2-4-10(14)5-3-9/h2-5H,6-8H2,1H3. The molecule has 0 spiro atoms. The van der Waals surface area contributed by atoms with Crippen LogP contribution in [-0.2, 0) is 9.53 Å². The molecule has 4 nitrogen and oxygen atoms in total. The fourth-order valence-electron chi connectivity index (χ4n) is 1.57. The molecule has 8 heteroatoms. The second kappa shape index (κ2) is 7.44. The quantitative estimate of drug-likeness (QED) is 0.751. The van der Waals surface area contributed by atoms with Crippen molar-refractivity contribution in [3.8, 4) is 0 Å². The summed E-state index contributed by atoms with van der Waals surface area (Å²) >= 11 is 3.17. The van der Waals surface area contributed by atoms with Crippen LogP contribution in [0.25, 0.3) is 0 Å². The average Bonchev–Trinajstić information content (AvgIpc) is 2.42. The van der Waals surface area contributed by atoms with Crippen LogP contribution in [0, 0.1) is 0 Å². The molecule has 21 heavy (non-hydrogen) atoms. The summed E-state index contributed by atoms with van der Waals surface area (Å²) < 4.78 is 42.7. The fourth-order valence-corrected chi connectivity index (χ4v) is 1.84. The Bertz CT molecular complexity index is 502. The summed E-state index contributed by atoms with van der Waals surface area (Å²) in [5, 5.41) is 0. The summed E-state index contributed by atoms with van der Waals surface area (Å²) in [6.07, 6.45) is -4.84. The van der Waals surface area contributed by atoms with Crippen LogP contribution in [0.2, 0.25) is 0 Å². The number of hydrogen-bond acceptors (Lipinski definition) is 3. The Labute approximate surface area is 128 Å². The number of halogens is 4. The number of alkyl halides is 3. The summed E-state index contributed by atoms with van der Waals surface area (Å²) in [7, 11) is 1.13. The third-order valence-electron chi connectivity index (χ3n) is 2.56. The van der Waals surface area contributed by atoms with Crippen LogP contribution in [0.4, 0.5) is 13.2 Å². The molecule has 0 aromatic heterocycles. The van der Waals surface area contributed by atoms with Gasteiger partial charge >= 0.3 is 12.1 Å². The van der Waals surface area contributed by atoms with Crippen molar-refractivity contribution in [2.24, 2.45) is 0 Å². The van der Waals surface area contributed by atoms with E-state index in [0.717, 1.165) is 7.11 Å². The van der Waals surface area contributed by atoms with Crippen LogP contribution in [-0.4, -0.2) is 43.2 Å². The number of esters is 1. The third-order valence-corrected chi connectivity index (χ3v) is 3.09. The Morgan fingerprint density at radius 2 is 1.81 bits per heavy atom. The number of methoxy groups -OCH3 is 1. The van der Waals surface area contributed by atoms with Gasteiger partial charge in [0.1, 0.15) is 6.54 Å². The molecule has 0 fully saturated rings. The van der Waals surface area contributed by atoms with Crippen LogP contribution < -0.4 is 0 Å². The van der Waals surface area contributed by atoms with E-state index in [0.29, 0.717) is 9.37 Å². The van der Waals surface area contributed by atoms with Crippen LogP contribution in [0.1, 0.15) is 16.8 Å². The summed E-state index contributed by atoms with van der Waals surface area (Å²) in [4.78, 5) is 23.7. The molecule has 0 bridgehead atoms. The summed E-state index contributed by atoms with van der Waals surface area (Å²) in [5.74, 6) is -1.46. The van der Waals surface area contributed by atoms with Gasteiger partial charge < -0.3 is 9.64 Å². The molecule has 0 unspecified atom stereocenters. The highest BCUT2D eigenvalue weighted by Gasteiger charge is 2.33. The van der Waals surface area contributed by atoms with Crippen LogP contribution in [0.15, 0.2) is 28.7 Å². The molecular weight excluding hydrogens is 355 g/mol. The van der Waals surface area contributed by atoms with Crippen molar-refractivity contribution < 1.29 is 27.5 Å². The Morgan fingerprint density at radius 3 is 2.29 bits per heavy atom. The lowest BCUT2D eigenvalue weighted by Crippen LogP contribution is -2.40. The number of rotatable bonds is 5. The molecule has 0 aliphatic carbocycles. The van der Waals surface area contributed by atoms with E-state index in [4.69, 9.17) is 0 Å². The van der Waals surface area contributed by atoms with Crippen LogP contribution >= 0.6 is 15.9 Å². The normalized spacial score (nSPS) is 11.1. The molecule has 0 radical (unpaired) electrons. The highest BCUT2D eigenvalue weighted by molar-refractivity contribution is 9.10. The molecule has 0 saturated carbocycles. The molecule has 1 rings (SSSR count). The van der Waals surface area contributed by atoms with E-state index in [9.17, 15) is 22.8 Å². The number of ether oxygens (including phenoxy) is 1. The second-order valence-electron chi connectivity index (χ2n) is 4.17. The Morgan fingerprint density at radius 1 is 1.24 bits per heavy atom. The van der Waals surface area contributed by atoms with E-state index in [1.165, 1.54) is 12.1 Å². The van der Waals surface area contributed by atoms with E-state index < -0.39 is 24.6 Å². The lowest BCUT2D eigenvalue weighted by Gasteiger charge is -2.23. The minimum absolute atomic E-state index is 0.118. The molecule has 0 aliphatic rings. The van der Waals surface area contributed by atoms with Gasteiger partial charge in [-0.1, -0.05) is 15.9 Å². The van der Waals surface area contributed by atoms with Gasteiger partial charge in [-0.15, -0.1) is 0 Å². The highest BCUT2D eigenvalue weighted by atomic mass is 79.9. The minimum Gasteiger partial charge on any atom is -0.469 e. The summed E-state index contributed by atoms with van der Waals surface area (Å²) in [6, 6.07) is 5.93. The lowest BCUT2D eigenvalue weighted by atomic mass is 10.2. The Hall–Kier alpha value is -1.57. The molecule has 0 aliphatic heterocycles. The molecule has 0 heterocycles. The predicted octanol–water partition coefficient (Wildman–Crippen LogP) is 3.02. The molecule has 1 aromatic carbocycles. The molecule has 1 aromatic rings. The van der Waals surface area contributed by atoms with Gasteiger partial charge in [0.15, 0.2) is 0 Å². The summed E-state index contributed by atoms with van der Waals surface area (Å²) in [5.41, 5.74) is 0.118. The first kappa shape index (κ1) is 17.5. The zero-order valence-electron chi connectivity index (χ0n) is 11.1. The highest BCUT2D eigenvalue weighted by Crippen LogP contribution is 2.19. The number of carbonyl (C=O) groups excluding carboxylic acids is 2. The predicted molar refractivity (Wildman–Crippen MR) is 72.7 cm³/mol. The van der Waals surface area contributed by atoms with Gasteiger partial charge in [-0.05, 0) is 24.3 Å². The van der Waals surface area contributed by atoms with Crippen molar-refractivity contribution in [2.75, 3.05) is 20.2 Å². The van der Waals surface area contributed by atoms with Crippen LogP contribution in [0.5, 0.6) is 0 Å². The molecule has 116 valence electrons. The van der Waals surface area contributed by atoms with Gasteiger partial charge in [-0.3, -0.25) is 9.59 Å². The summed E-state index contributed by atoms with van der Waals surface area (Å²) in [6.45, 7) is -1.78. The first-order valence-corrected chi connectivity index (χ1v) is 6.70. The topological polar surface area (TPSA) is 46.6 Å². The Kier molecular flexibility index (Phi) is 6.19. The monoisotopic (exact) mass is 367 g/mol. The van der Waals surface area contributed by atoms with E-state index >= 15 is 0 Å². The number of benzene rings is 1. The zero-order valence-corrected chi connectivity index (χ0v) is 12.7. The second-order valence-corrected chi connectivity index (χ2v) is 5.09. The van der Waals surface area contributed by atoms with Gasteiger partial charge in [0.2, 0.25) is 0 Å². The van der Waals surface area contributed by atoms with Crippen molar-refractivity contribution >= 4 is 27.8 Å². The molecular formula is C13H13BrF3NO3. The van der Waals surface area contributed by atoms with Crippen molar-refractivity contribution in [2.45, 2.75) is 12.6 Å². The third kappa shape index (κ3) is 6.16. The number of carbonyl (C=O) groups is 2. The number of hydrogen-bond donors (Lipinski definition) is 0. The fraction of sp³-hybridized carbons (Fsp3) is 0.385. The molecule has 0 N–H and O–H groups in total. The van der Waals surface area contributed by atoms with Crippen molar-refractivity contribution in [3.05, 3.63) is 34.3 Å². The van der Waals surface area contributed by atoms with Crippen molar-refractivity contribution in [3.63, 3.8) is 0 Å². The molecule has 0 saturated heterocycles. The molecule has 0 atom stereocenters. The van der Waals surface area contributed by atoms with Gasteiger partial charge in [-0.25, -0.2) is 0 Å². The largest absolute Gasteiger partial charge is 0.469 e.